The van der Waals surface area contributed by atoms with Gasteiger partial charge in [0.15, 0.2) is 0 Å². The van der Waals surface area contributed by atoms with Crippen LogP contribution in [0.4, 0.5) is 0 Å². The van der Waals surface area contributed by atoms with Crippen molar-refractivity contribution >= 4 is 11.7 Å². The van der Waals surface area contributed by atoms with Crippen LogP contribution in [0, 0.1) is 17.8 Å². The van der Waals surface area contributed by atoms with Gasteiger partial charge in [0.2, 0.25) is 5.78 Å². The van der Waals surface area contributed by atoms with Crippen LogP contribution in [0.5, 0.6) is 0 Å². The van der Waals surface area contributed by atoms with Crippen LogP contribution in [0.15, 0.2) is 24.3 Å². The zero-order valence-corrected chi connectivity index (χ0v) is 10.4. The Morgan fingerprint density at radius 2 is 1.59 bits per heavy atom. The van der Waals surface area contributed by atoms with Crippen molar-refractivity contribution in [3.8, 4) is 0 Å². The molecule has 0 saturated carbocycles. The number of piperidine rings is 1. The van der Waals surface area contributed by atoms with Crippen LogP contribution in [0.3, 0.4) is 0 Å². The molecule has 1 fully saturated rings. The number of amides is 1. The van der Waals surface area contributed by atoms with Crippen LogP contribution in [0.2, 0.25) is 0 Å². The average Bonchev–Trinajstić information content (AvgIpc) is 2.79. The number of ketones is 1. The third-order valence-electron chi connectivity index (χ3n) is 3.42. The van der Waals surface area contributed by atoms with Crippen molar-refractivity contribution in [2.45, 2.75) is 20.3 Å². The van der Waals surface area contributed by atoms with E-state index in [9.17, 15) is 9.59 Å². The smallest absolute Gasteiger partial charge is 0.290 e. The summed E-state index contributed by atoms with van der Waals surface area (Å²) in [6.07, 6.45) is 8.32. The molecular weight excluding hydrogens is 214 g/mol. The van der Waals surface area contributed by atoms with Gasteiger partial charge in [0.1, 0.15) is 0 Å². The second-order valence-corrected chi connectivity index (χ2v) is 5.32. The van der Waals surface area contributed by atoms with Crippen LogP contribution in [0.25, 0.3) is 0 Å². The molecule has 0 bridgehead atoms. The standard InChI is InChI=1S/C14H19NO2/c1-10-7-11(2)9-15(8-10)14(17)13(16)12-5-3-4-6-12/h3-6,10-12H,7-9H2,1-2H3. The number of hydrogen-bond donors (Lipinski definition) is 0. The Morgan fingerprint density at radius 1 is 1.06 bits per heavy atom. The molecule has 0 N–H and O–H groups in total. The third kappa shape index (κ3) is 2.65. The second kappa shape index (κ2) is 4.86. The van der Waals surface area contributed by atoms with Gasteiger partial charge in [-0.25, -0.2) is 0 Å². The lowest BCUT2D eigenvalue weighted by molar-refractivity contribution is -0.147. The Morgan fingerprint density at radius 3 is 2.12 bits per heavy atom. The first-order valence-electron chi connectivity index (χ1n) is 6.26. The molecule has 1 heterocycles. The Balaban J connectivity index is 2.01. The molecular formula is C14H19NO2. The van der Waals surface area contributed by atoms with E-state index in [1.165, 1.54) is 0 Å². The molecule has 1 aliphatic carbocycles. The van der Waals surface area contributed by atoms with Crippen LogP contribution in [0.1, 0.15) is 20.3 Å². The molecule has 1 aliphatic heterocycles. The molecule has 0 aromatic heterocycles. The molecule has 2 rings (SSSR count). The van der Waals surface area contributed by atoms with Crippen LogP contribution < -0.4 is 0 Å². The summed E-state index contributed by atoms with van der Waals surface area (Å²) in [5.74, 6) is 0.0336. The maximum Gasteiger partial charge on any atom is 0.290 e. The number of Topliss-reactive ketones (excluding diaryl/α,β-unsaturated/α-hetero) is 1. The Labute approximate surface area is 102 Å². The number of rotatable bonds is 2. The summed E-state index contributed by atoms with van der Waals surface area (Å²) < 4.78 is 0. The van der Waals surface area contributed by atoms with E-state index in [1.54, 1.807) is 17.1 Å². The number of nitrogens with zero attached hydrogens (tertiary/aromatic N) is 1. The Hall–Kier alpha value is -1.38. The molecule has 2 aliphatic rings. The Bertz CT molecular complexity index is 362. The molecule has 2 atom stereocenters. The first-order chi connectivity index (χ1) is 8.08. The topological polar surface area (TPSA) is 37.4 Å². The van der Waals surface area contributed by atoms with E-state index in [0.29, 0.717) is 11.8 Å². The number of hydrogen-bond acceptors (Lipinski definition) is 2. The maximum atomic E-state index is 12.1. The highest BCUT2D eigenvalue weighted by atomic mass is 16.2. The van der Waals surface area contributed by atoms with Gasteiger partial charge < -0.3 is 4.90 Å². The first kappa shape index (κ1) is 12.1. The van der Waals surface area contributed by atoms with Crippen molar-refractivity contribution in [1.82, 2.24) is 4.90 Å². The van der Waals surface area contributed by atoms with Crippen LogP contribution in [-0.4, -0.2) is 29.7 Å². The van der Waals surface area contributed by atoms with E-state index in [1.807, 2.05) is 12.2 Å². The van der Waals surface area contributed by atoms with Gasteiger partial charge in [0.25, 0.3) is 5.91 Å². The van der Waals surface area contributed by atoms with Crippen molar-refractivity contribution in [1.29, 1.82) is 0 Å². The molecule has 17 heavy (non-hydrogen) atoms. The summed E-state index contributed by atoms with van der Waals surface area (Å²) in [4.78, 5) is 25.8. The minimum absolute atomic E-state index is 0.295. The van der Waals surface area contributed by atoms with Gasteiger partial charge in [-0.05, 0) is 18.3 Å². The fraction of sp³-hybridized carbons (Fsp3) is 0.571. The summed E-state index contributed by atoms with van der Waals surface area (Å²) in [7, 11) is 0. The molecule has 2 unspecified atom stereocenters. The molecule has 0 aromatic carbocycles. The van der Waals surface area contributed by atoms with Gasteiger partial charge in [-0.1, -0.05) is 38.2 Å². The van der Waals surface area contributed by atoms with Crippen molar-refractivity contribution in [3.05, 3.63) is 24.3 Å². The first-order valence-corrected chi connectivity index (χ1v) is 6.26. The predicted molar refractivity (Wildman–Crippen MR) is 66.3 cm³/mol. The van der Waals surface area contributed by atoms with E-state index in [0.717, 1.165) is 19.5 Å². The minimum Gasteiger partial charge on any atom is -0.336 e. The highest BCUT2D eigenvalue weighted by Gasteiger charge is 2.31. The summed E-state index contributed by atoms with van der Waals surface area (Å²) in [5, 5.41) is 0. The van der Waals surface area contributed by atoms with Crippen LogP contribution >= 0.6 is 0 Å². The molecule has 1 saturated heterocycles. The lowest BCUT2D eigenvalue weighted by Gasteiger charge is -2.34. The lowest BCUT2D eigenvalue weighted by atomic mass is 9.91. The van der Waals surface area contributed by atoms with Crippen molar-refractivity contribution in [2.24, 2.45) is 17.8 Å². The van der Waals surface area contributed by atoms with Gasteiger partial charge in [0, 0.05) is 13.1 Å². The molecule has 3 nitrogen and oxygen atoms in total. The normalized spacial score (nSPS) is 28.7. The summed E-state index contributed by atoms with van der Waals surface area (Å²) >= 11 is 0. The molecule has 0 radical (unpaired) electrons. The second-order valence-electron chi connectivity index (χ2n) is 5.32. The molecule has 0 aromatic rings. The zero-order chi connectivity index (χ0) is 12.4. The number of allylic oxidation sites excluding steroid dienone is 4. The van der Waals surface area contributed by atoms with E-state index in [-0.39, 0.29) is 17.6 Å². The number of likely N-dealkylation sites (tertiary alicyclic amines) is 1. The quantitative estimate of drug-likeness (QED) is 0.682. The highest BCUT2D eigenvalue weighted by Crippen LogP contribution is 2.22. The summed E-state index contributed by atoms with van der Waals surface area (Å²) in [6.45, 7) is 5.70. The fourth-order valence-corrected chi connectivity index (χ4v) is 2.73. The average molecular weight is 233 g/mol. The summed E-state index contributed by atoms with van der Waals surface area (Å²) in [6, 6.07) is 0. The third-order valence-corrected chi connectivity index (χ3v) is 3.42. The number of carbonyl (C=O) groups is 2. The van der Waals surface area contributed by atoms with Gasteiger partial charge >= 0.3 is 0 Å². The lowest BCUT2D eigenvalue weighted by Crippen LogP contribution is -2.46. The van der Waals surface area contributed by atoms with E-state index in [2.05, 4.69) is 13.8 Å². The van der Waals surface area contributed by atoms with Crippen molar-refractivity contribution in [2.75, 3.05) is 13.1 Å². The van der Waals surface area contributed by atoms with E-state index in [4.69, 9.17) is 0 Å². The summed E-state index contributed by atoms with van der Waals surface area (Å²) in [5.41, 5.74) is 0. The van der Waals surface area contributed by atoms with Gasteiger partial charge in [-0.15, -0.1) is 0 Å². The van der Waals surface area contributed by atoms with Gasteiger partial charge in [-0.3, -0.25) is 9.59 Å². The Kier molecular flexibility index (Phi) is 3.46. The molecule has 3 heteroatoms. The maximum absolute atomic E-state index is 12.1. The van der Waals surface area contributed by atoms with E-state index < -0.39 is 0 Å². The highest BCUT2D eigenvalue weighted by molar-refractivity contribution is 6.37. The molecule has 92 valence electrons. The fourth-order valence-electron chi connectivity index (χ4n) is 2.73. The number of carbonyl (C=O) groups excluding carboxylic acids is 2. The predicted octanol–water partition coefficient (Wildman–Crippen LogP) is 1.80. The monoisotopic (exact) mass is 233 g/mol. The minimum atomic E-state index is -0.338. The van der Waals surface area contributed by atoms with Gasteiger partial charge in [0.05, 0.1) is 5.92 Å². The van der Waals surface area contributed by atoms with Crippen molar-refractivity contribution in [3.63, 3.8) is 0 Å². The molecule has 0 spiro atoms. The van der Waals surface area contributed by atoms with Crippen LogP contribution in [-0.2, 0) is 9.59 Å². The SMILES string of the molecule is CC1CC(C)CN(C(=O)C(=O)C2C=CC=C2)C1. The van der Waals surface area contributed by atoms with E-state index >= 15 is 0 Å². The largest absolute Gasteiger partial charge is 0.336 e. The van der Waals surface area contributed by atoms with Crippen molar-refractivity contribution < 1.29 is 9.59 Å². The zero-order valence-electron chi connectivity index (χ0n) is 10.4. The molecule has 1 amide bonds. The van der Waals surface area contributed by atoms with Gasteiger partial charge in [-0.2, -0.15) is 0 Å².